The second-order valence-corrected chi connectivity index (χ2v) is 8.53. The second-order valence-electron chi connectivity index (χ2n) is 8.53. The van der Waals surface area contributed by atoms with Gasteiger partial charge < -0.3 is 0 Å². The van der Waals surface area contributed by atoms with E-state index in [4.69, 9.17) is 0 Å². The predicted octanol–water partition coefficient (Wildman–Crippen LogP) is 7.10. The van der Waals surface area contributed by atoms with Crippen LogP contribution in [0.1, 0.15) is 30.5 Å². The Bertz CT molecular complexity index is 1600. The molecule has 0 nitrogen and oxygen atoms in total. The van der Waals surface area contributed by atoms with Gasteiger partial charge in [-0.05, 0) is 78.4 Å². The van der Waals surface area contributed by atoms with Gasteiger partial charge in [0, 0.05) is 21.6 Å². The van der Waals surface area contributed by atoms with Gasteiger partial charge >= 0.3 is 0 Å². The van der Waals surface area contributed by atoms with E-state index in [0.29, 0.717) is 27.8 Å². The van der Waals surface area contributed by atoms with Gasteiger partial charge in [0.1, 0.15) is 17.5 Å². The first-order valence-corrected chi connectivity index (χ1v) is 10.9. The Balaban J connectivity index is 1.78. The number of hydrogen-bond donors (Lipinski definition) is 0. The van der Waals surface area contributed by atoms with Crippen molar-refractivity contribution in [2.24, 2.45) is 0 Å². The number of halogens is 5. The summed E-state index contributed by atoms with van der Waals surface area (Å²) >= 11 is 0. The minimum atomic E-state index is -1.11. The lowest BCUT2D eigenvalue weighted by Crippen LogP contribution is -2.28. The van der Waals surface area contributed by atoms with Crippen molar-refractivity contribution in [3.05, 3.63) is 105 Å². The van der Waals surface area contributed by atoms with Crippen LogP contribution in [0.5, 0.6) is 0 Å². The molecule has 0 saturated heterocycles. The molecule has 4 aromatic rings. The smallest absolute Gasteiger partial charge is 0.167 e. The molecule has 0 aliphatic rings. The first-order chi connectivity index (χ1) is 16.1. The zero-order chi connectivity index (χ0) is 24.7. The van der Waals surface area contributed by atoms with Gasteiger partial charge in [-0.3, -0.25) is 0 Å². The minimum absolute atomic E-state index is 0.00988. The molecule has 0 N–H and O–H groups in total. The SMILES string of the molecule is C=C(C)/C(F)=c1\c(=C/C)ccc2cc(CCc3ccc4c(F)c(C)c(F)cc4c3)c(F)c(F)c12. The van der Waals surface area contributed by atoms with Gasteiger partial charge in [0.05, 0.1) is 0 Å². The number of benzene rings is 4. The normalized spacial score (nSPS) is 13.1. The molecule has 0 atom stereocenters. The third kappa shape index (κ3) is 4.00. The largest absolute Gasteiger partial charge is 0.207 e. The highest BCUT2D eigenvalue weighted by Crippen LogP contribution is 2.27. The fraction of sp³-hybridized carbons (Fsp3) is 0.172. The van der Waals surface area contributed by atoms with Crippen LogP contribution >= 0.6 is 0 Å². The summed E-state index contributed by atoms with van der Waals surface area (Å²) in [6, 6.07) is 11.0. The third-order valence-corrected chi connectivity index (χ3v) is 6.20. The van der Waals surface area contributed by atoms with E-state index in [2.05, 4.69) is 6.58 Å². The van der Waals surface area contributed by atoms with Crippen molar-refractivity contribution in [1.29, 1.82) is 0 Å². The predicted molar refractivity (Wildman–Crippen MR) is 129 cm³/mol. The molecule has 0 radical (unpaired) electrons. The average Bonchev–Trinajstić information content (AvgIpc) is 2.82. The Morgan fingerprint density at radius 2 is 1.62 bits per heavy atom. The lowest BCUT2D eigenvalue weighted by molar-refractivity contribution is 0.506. The highest BCUT2D eigenvalue weighted by Gasteiger charge is 2.17. The van der Waals surface area contributed by atoms with E-state index >= 15 is 8.78 Å². The number of hydrogen-bond acceptors (Lipinski definition) is 0. The van der Waals surface area contributed by atoms with E-state index in [1.54, 1.807) is 43.3 Å². The summed E-state index contributed by atoms with van der Waals surface area (Å²) in [5, 5.41) is 1.40. The number of allylic oxidation sites excluding steroid dienone is 1. The van der Waals surface area contributed by atoms with Crippen LogP contribution in [0.15, 0.2) is 54.6 Å². The van der Waals surface area contributed by atoms with Crippen LogP contribution in [0.4, 0.5) is 22.0 Å². The van der Waals surface area contributed by atoms with Crippen LogP contribution in [0, 0.1) is 30.2 Å². The summed E-state index contributed by atoms with van der Waals surface area (Å²) in [5.41, 5.74) is 0.950. The molecule has 174 valence electrons. The van der Waals surface area contributed by atoms with Crippen molar-refractivity contribution in [3.63, 3.8) is 0 Å². The van der Waals surface area contributed by atoms with Gasteiger partial charge in [0.15, 0.2) is 11.6 Å². The van der Waals surface area contributed by atoms with E-state index < -0.39 is 29.1 Å². The molecular weight excluding hydrogens is 443 g/mol. The maximum atomic E-state index is 15.2. The fourth-order valence-electron chi connectivity index (χ4n) is 4.28. The molecule has 0 amide bonds. The topological polar surface area (TPSA) is 0 Å². The van der Waals surface area contributed by atoms with Crippen LogP contribution in [-0.2, 0) is 12.8 Å². The zero-order valence-electron chi connectivity index (χ0n) is 19.1. The van der Waals surface area contributed by atoms with E-state index in [1.807, 2.05) is 0 Å². The summed E-state index contributed by atoms with van der Waals surface area (Å²) < 4.78 is 73.5. The molecule has 0 aliphatic carbocycles. The molecule has 0 aromatic heterocycles. The van der Waals surface area contributed by atoms with Crippen molar-refractivity contribution >= 4 is 33.4 Å². The molecule has 0 aliphatic heterocycles. The van der Waals surface area contributed by atoms with E-state index in [9.17, 15) is 13.2 Å². The lowest BCUT2D eigenvalue weighted by atomic mass is 9.96. The number of aryl methyl sites for hydroxylation is 2. The van der Waals surface area contributed by atoms with Crippen LogP contribution < -0.4 is 10.4 Å². The number of rotatable bonds is 4. The van der Waals surface area contributed by atoms with Crippen LogP contribution in [-0.4, -0.2) is 0 Å². The molecule has 4 aromatic carbocycles. The van der Waals surface area contributed by atoms with E-state index in [1.165, 1.54) is 26.0 Å². The maximum Gasteiger partial charge on any atom is 0.167 e. The van der Waals surface area contributed by atoms with Gasteiger partial charge in [-0.25, -0.2) is 22.0 Å². The molecule has 4 rings (SSSR count). The summed E-state index contributed by atoms with van der Waals surface area (Å²) in [6.45, 7) is 8.14. The fourth-order valence-corrected chi connectivity index (χ4v) is 4.28. The molecule has 0 fully saturated rings. The molecule has 0 saturated carbocycles. The van der Waals surface area contributed by atoms with Gasteiger partial charge in [-0.2, -0.15) is 0 Å². The second kappa shape index (κ2) is 9.05. The molecule has 0 heterocycles. The standard InChI is InChI=1S/C29H23F5/c1-5-18-9-10-19-13-20(28(33)29(34)25(19)24(18)26(31)15(2)3)8-6-17-7-11-22-21(12-17)14-23(30)16(4)27(22)32/h5,7,9-14H,2,6,8H2,1,3-4H3/b18-5-,26-24-. The molecule has 0 bridgehead atoms. The Kier molecular flexibility index (Phi) is 6.30. The Hall–Kier alpha value is -3.47. The van der Waals surface area contributed by atoms with Crippen molar-refractivity contribution < 1.29 is 22.0 Å². The van der Waals surface area contributed by atoms with Gasteiger partial charge in [0.2, 0.25) is 0 Å². The van der Waals surface area contributed by atoms with E-state index in [0.717, 1.165) is 5.56 Å². The highest BCUT2D eigenvalue weighted by atomic mass is 19.2. The van der Waals surface area contributed by atoms with Crippen molar-refractivity contribution in [2.45, 2.75) is 33.6 Å². The first-order valence-electron chi connectivity index (χ1n) is 10.9. The van der Waals surface area contributed by atoms with Gasteiger partial charge in [-0.1, -0.05) is 43.0 Å². The number of fused-ring (bicyclic) bond motifs is 2. The maximum absolute atomic E-state index is 15.2. The lowest BCUT2D eigenvalue weighted by Gasteiger charge is -2.11. The van der Waals surface area contributed by atoms with Crippen LogP contribution in [0.2, 0.25) is 0 Å². The van der Waals surface area contributed by atoms with Crippen molar-refractivity contribution in [1.82, 2.24) is 0 Å². The van der Waals surface area contributed by atoms with Crippen molar-refractivity contribution in [3.8, 4) is 0 Å². The molecule has 34 heavy (non-hydrogen) atoms. The summed E-state index contributed by atoms with van der Waals surface area (Å²) in [4.78, 5) is 0. The van der Waals surface area contributed by atoms with Crippen LogP contribution in [0.3, 0.4) is 0 Å². The first kappa shape index (κ1) is 23.7. The monoisotopic (exact) mass is 466 g/mol. The van der Waals surface area contributed by atoms with Crippen molar-refractivity contribution in [2.75, 3.05) is 0 Å². The van der Waals surface area contributed by atoms with Gasteiger partial charge in [-0.15, -0.1) is 0 Å². The summed E-state index contributed by atoms with van der Waals surface area (Å²) in [7, 11) is 0. The third-order valence-electron chi connectivity index (χ3n) is 6.20. The molecule has 0 spiro atoms. The average molecular weight is 466 g/mol. The molecule has 0 unspecified atom stereocenters. The summed E-state index contributed by atoms with van der Waals surface area (Å²) in [6.07, 6.45) is 2.12. The van der Waals surface area contributed by atoms with E-state index in [-0.39, 0.29) is 33.7 Å². The summed E-state index contributed by atoms with van der Waals surface area (Å²) in [5.74, 6) is -4.08. The Morgan fingerprint density at radius 3 is 2.29 bits per heavy atom. The molecular formula is C29H23F5. The Labute approximate surface area is 194 Å². The molecule has 5 heteroatoms. The highest BCUT2D eigenvalue weighted by molar-refractivity contribution is 5.87. The quantitative estimate of drug-likeness (QED) is 0.282. The minimum Gasteiger partial charge on any atom is -0.207 e. The zero-order valence-corrected chi connectivity index (χ0v) is 19.1. The van der Waals surface area contributed by atoms with Gasteiger partial charge in [0.25, 0.3) is 0 Å². The van der Waals surface area contributed by atoms with Crippen LogP contribution in [0.25, 0.3) is 33.4 Å². The Morgan fingerprint density at radius 1 is 0.882 bits per heavy atom.